The molecule has 0 radical (unpaired) electrons. The normalized spacial score (nSPS) is 25.5. The van der Waals surface area contributed by atoms with Crippen LogP contribution in [0.25, 0.3) is 0 Å². The first kappa shape index (κ1) is 20.5. The number of aromatic nitrogens is 2. The van der Waals surface area contributed by atoms with E-state index in [1.165, 1.54) is 14.2 Å². The van der Waals surface area contributed by atoms with Crippen LogP contribution in [-0.2, 0) is 9.09 Å². The number of H-pyrrole nitrogens is 1. The summed E-state index contributed by atoms with van der Waals surface area (Å²) < 4.78 is 30.1. The summed E-state index contributed by atoms with van der Waals surface area (Å²) in [6.45, 7) is 5.98. The number of aryl methyl sites for hydroxylation is 1. The minimum atomic E-state index is -3.27. The van der Waals surface area contributed by atoms with Gasteiger partial charge in [0.2, 0.25) is 5.75 Å². The lowest BCUT2D eigenvalue weighted by molar-refractivity contribution is 0.235. The number of hydrogen-bond acceptors (Lipinski definition) is 7. The number of imidazole rings is 1. The van der Waals surface area contributed by atoms with Crippen molar-refractivity contribution in [3.63, 3.8) is 0 Å². The molecule has 1 aliphatic rings. The van der Waals surface area contributed by atoms with Crippen LogP contribution in [0.5, 0.6) is 17.2 Å². The van der Waals surface area contributed by atoms with Crippen molar-refractivity contribution in [1.82, 2.24) is 15.1 Å². The number of aromatic amines is 1. The van der Waals surface area contributed by atoms with Crippen LogP contribution in [0.1, 0.15) is 30.8 Å². The van der Waals surface area contributed by atoms with Gasteiger partial charge in [0.1, 0.15) is 0 Å². The number of phenols is 1. The smallest absolute Gasteiger partial charge is 0.279 e. The average molecular weight is 410 g/mol. The van der Waals surface area contributed by atoms with Gasteiger partial charge in [0.15, 0.2) is 17.4 Å². The molecule has 9 nitrogen and oxygen atoms in total. The summed E-state index contributed by atoms with van der Waals surface area (Å²) in [7, 11) is -0.363. The minimum Gasteiger partial charge on any atom is -0.502 e. The Hall–Kier alpha value is -2.22. The minimum absolute atomic E-state index is 0.0555. The summed E-state index contributed by atoms with van der Waals surface area (Å²) in [5.74, 6) is 0.940. The van der Waals surface area contributed by atoms with E-state index in [1.54, 1.807) is 18.3 Å². The highest BCUT2D eigenvalue weighted by Gasteiger charge is 2.45. The summed E-state index contributed by atoms with van der Waals surface area (Å²) in [5.41, 5.74) is 0.934. The first-order chi connectivity index (χ1) is 13.3. The molecule has 0 saturated carbocycles. The molecule has 2 aromatic rings. The van der Waals surface area contributed by atoms with E-state index in [9.17, 15) is 9.67 Å². The number of rotatable bonds is 7. The number of benzene rings is 1. The van der Waals surface area contributed by atoms with Gasteiger partial charge in [0.25, 0.3) is 7.52 Å². The molecule has 2 unspecified atom stereocenters. The molecule has 1 aromatic carbocycles. The van der Waals surface area contributed by atoms with E-state index in [2.05, 4.69) is 20.4 Å². The lowest BCUT2D eigenvalue weighted by Crippen LogP contribution is -2.25. The Morgan fingerprint density at radius 3 is 2.43 bits per heavy atom. The van der Waals surface area contributed by atoms with Crippen LogP contribution in [0.2, 0.25) is 0 Å². The van der Waals surface area contributed by atoms with Gasteiger partial charge < -0.3 is 29.4 Å². The quantitative estimate of drug-likeness (QED) is 0.514. The average Bonchev–Trinajstić information content (AvgIpc) is 3.18. The third kappa shape index (κ3) is 3.97. The Morgan fingerprint density at radius 2 is 1.96 bits per heavy atom. The second-order valence-corrected chi connectivity index (χ2v) is 9.17. The zero-order valence-electron chi connectivity index (χ0n) is 16.6. The molecule has 1 saturated heterocycles. The molecule has 0 aliphatic carbocycles. The molecule has 0 amide bonds. The third-order valence-corrected chi connectivity index (χ3v) is 7.59. The Bertz CT molecular complexity index is 848. The predicted molar refractivity (Wildman–Crippen MR) is 107 cm³/mol. The Labute approximate surface area is 164 Å². The molecule has 4 N–H and O–H groups in total. The van der Waals surface area contributed by atoms with Gasteiger partial charge in [-0.15, -0.1) is 0 Å². The number of anilines is 1. The fourth-order valence-corrected chi connectivity index (χ4v) is 5.87. The van der Waals surface area contributed by atoms with Gasteiger partial charge in [-0.3, -0.25) is 4.57 Å². The van der Waals surface area contributed by atoms with Crippen LogP contribution >= 0.6 is 7.52 Å². The number of methoxy groups -OCH3 is 2. The first-order valence-corrected chi connectivity index (χ1v) is 10.7. The van der Waals surface area contributed by atoms with Gasteiger partial charge in [-0.05, 0) is 38.5 Å². The second-order valence-electron chi connectivity index (χ2n) is 6.89. The van der Waals surface area contributed by atoms with Crippen molar-refractivity contribution in [1.29, 1.82) is 0 Å². The van der Waals surface area contributed by atoms with Crippen LogP contribution < -0.4 is 19.9 Å². The fourth-order valence-electron chi connectivity index (χ4n) is 3.16. The van der Waals surface area contributed by atoms with Gasteiger partial charge in [0, 0.05) is 18.8 Å². The molecular weight excluding hydrogens is 383 g/mol. The zero-order valence-corrected chi connectivity index (χ0v) is 17.5. The third-order valence-electron chi connectivity index (χ3n) is 4.88. The van der Waals surface area contributed by atoms with Crippen molar-refractivity contribution in [3.05, 3.63) is 29.6 Å². The van der Waals surface area contributed by atoms with Crippen LogP contribution in [-0.4, -0.2) is 48.0 Å². The van der Waals surface area contributed by atoms with Crippen molar-refractivity contribution >= 4 is 13.5 Å². The van der Waals surface area contributed by atoms with E-state index in [0.29, 0.717) is 11.5 Å². The largest absolute Gasteiger partial charge is 0.502 e. The summed E-state index contributed by atoms with van der Waals surface area (Å²) in [6.07, 6.45) is 1.58. The predicted octanol–water partition coefficient (Wildman–Crippen LogP) is 3.18. The van der Waals surface area contributed by atoms with E-state index in [4.69, 9.17) is 14.0 Å². The van der Waals surface area contributed by atoms with Crippen molar-refractivity contribution < 1.29 is 23.7 Å². The number of phenolic OH excluding ortho intramolecular Hbond substituents is 1. The number of nitrogens with zero attached hydrogens (tertiary/aromatic N) is 1. The molecule has 1 aromatic heterocycles. The number of aromatic hydroxyl groups is 1. The lowest BCUT2D eigenvalue weighted by atomic mass is 10.1. The second kappa shape index (κ2) is 8.03. The van der Waals surface area contributed by atoms with E-state index in [-0.39, 0.29) is 35.9 Å². The van der Waals surface area contributed by atoms with Crippen LogP contribution in [0.3, 0.4) is 0 Å². The topological polar surface area (TPSA) is 118 Å². The standard InChI is InChI=1S/C18H27N4O5P/c1-10-8-19-18(21-10)20-9-16(28(24)22-11(2)12(3)27-28)13-6-14(25-4)17(23)15(7-13)26-5/h6-8,11-12,16,23H,9H2,1-5H3,(H,22,24)(H2,19,20,21)/t11-,12-,16?,28?/m0/s1. The summed E-state index contributed by atoms with van der Waals surface area (Å²) in [5, 5.41) is 16.5. The van der Waals surface area contributed by atoms with Crippen molar-refractivity contribution in [2.75, 3.05) is 26.1 Å². The van der Waals surface area contributed by atoms with Gasteiger partial charge >= 0.3 is 0 Å². The van der Waals surface area contributed by atoms with Gasteiger partial charge in [-0.1, -0.05) is 0 Å². The molecule has 1 fully saturated rings. The molecule has 1 aliphatic heterocycles. The Balaban J connectivity index is 1.99. The monoisotopic (exact) mass is 410 g/mol. The SMILES string of the molecule is COc1cc(C(CNc2nc(C)c[nH]2)P2(=O)N[C@@H](C)[C@H](C)O2)cc(OC)c1O. The van der Waals surface area contributed by atoms with Crippen LogP contribution in [0, 0.1) is 6.92 Å². The molecular formula is C18H27N4O5P. The first-order valence-electron chi connectivity index (χ1n) is 9.04. The molecule has 10 heteroatoms. The Morgan fingerprint density at radius 1 is 1.32 bits per heavy atom. The lowest BCUT2D eigenvalue weighted by Gasteiger charge is -2.25. The molecule has 0 spiro atoms. The maximum absolute atomic E-state index is 13.7. The van der Waals surface area contributed by atoms with Gasteiger partial charge in [-0.25, -0.2) is 10.1 Å². The molecule has 3 rings (SSSR count). The Kier molecular flexibility index (Phi) is 5.88. The van der Waals surface area contributed by atoms with Gasteiger partial charge in [0.05, 0.1) is 31.7 Å². The summed E-state index contributed by atoms with van der Waals surface area (Å²) in [6, 6.07) is 3.24. The van der Waals surface area contributed by atoms with Crippen molar-refractivity contribution in [3.8, 4) is 17.2 Å². The van der Waals surface area contributed by atoms with E-state index in [1.807, 2.05) is 20.8 Å². The van der Waals surface area contributed by atoms with E-state index < -0.39 is 13.2 Å². The molecule has 4 atom stereocenters. The van der Waals surface area contributed by atoms with E-state index >= 15 is 0 Å². The maximum Gasteiger partial charge on any atom is 0.279 e. The molecule has 0 bridgehead atoms. The summed E-state index contributed by atoms with van der Waals surface area (Å²) in [4.78, 5) is 7.35. The molecule has 28 heavy (non-hydrogen) atoms. The maximum atomic E-state index is 13.7. The van der Waals surface area contributed by atoms with Crippen molar-refractivity contribution in [2.45, 2.75) is 38.6 Å². The number of nitrogens with one attached hydrogen (secondary N) is 3. The highest BCUT2D eigenvalue weighted by Crippen LogP contribution is 2.62. The van der Waals surface area contributed by atoms with Crippen molar-refractivity contribution in [2.24, 2.45) is 0 Å². The van der Waals surface area contributed by atoms with E-state index in [0.717, 1.165) is 5.69 Å². The van der Waals surface area contributed by atoms with Crippen LogP contribution in [0.4, 0.5) is 5.95 Å². The zero-order chi connectivity index (χ0) is 20.5. The number of ether oxygens (including phenoxy) is 2. The van der Waals surface area contributed by atoms with Gasteiger partial charge in [-0.2, -0.15) is 0 Å². The summed E-state index contributed by atoms with van der Waals surface area (Å²) >= 11 is 0. The molecule has 2 heterocycles. The highest BCUT2D eigenvalue weighted by atomic mass is 31.2. The molecule has 154 valence electrons. The highest BCUT2D eigenvalue weighted by molar-refractivity contribution is 7.57. The fraction of sp³-hybridized carbons (Fsp3) is 0.500. The number of hydrogen-bond donors (Lipinski definition) is 4. The van der Waals surface area contributed by atoms with Crippen LogP contribution in [0.15, 0.2) is 18.3 Å².